The molecule has 4 rings (SSSR count). The Morgan fingerprint density at radius 2 is 1.87 bits per heavy atom. The van der Waals surface area contributed by atoms with E-state index in [2.05, 4.69) is 31.2 Å². The van der Waals surface area contributed by atoms with Gasteiger partial charge in [-0.1, -0.05) is 41.4 Å². The molecule has 0 aliphatic heterocycles. The van der Waals surface area contributed by atoms with Crippen LogP contribution in [0.25, 0.3) is 21.8 Å². The van der Waals surface area contributed by atoms with Crippen LogP contribution in [0.3, 0.4) is 0 Å². The van der Waals surface area contributed by atoms with Crippen LogP contribution >= 0.6 is 34.5 Å². The minimum Gasteiger partial charge on any atom is -0.506 e. The lowest BCUT2D eigenvalue weighted by Crippen LogP contribution is -2.19. The maximum absolute atomic E-state index is 12.4. The summed E-state index contributed by atoms with van der Waals surface area (Å²) in [5.41, 5.74) is 5.34. The Bertz CT molecular complexity index is 1270. The Morgan fingerprint density at radius 1 is 1.13 bits per heavy atom. The van der Waals surface area contributed by atoms with Gasteiger partial charge in [0, 0.05) is 16.5 Å². The van der Waals surface area contributed by atoms with Gasteiger partial charge >= 0.3 is 0 Å². The second kappa shape index (κ2) is 8.84. The van der Waals surface area contributed by atoms with Crippen molar-refractivity contribution in [2.45, 2.75) is 6.92 Å². The molecule has 2 aromatic heterocycles. The van der Waals surface area contributed by atoms with Crippen LogP contribution < -0.4 is 5.43 Å². The monoisotopic (exact) mass is 472 g/mol. The predicted octanol–water partition coefficient (Wildman–Crippen LogP) is 4.76. The topological polar surface area (TPSA) is 116 Å². The zero-order valence-electron chi connectivity index (χ0n) is 15.9. The molecule has 31 heavy (non-hydrogen) atoms. The van der Waals surface area contributed by atoms with Crippen LogP contribution in [0, 0.1) is 0 Å². The summed E-state index contributed by atoms with van der Waals surface area (Å²) in [6.45, 7) is 1.69. The lowest BCUT2D eigenvalue weighted by Gasteiger charge is -2.04. The lowest BCUT2D eigenvalue weighted by molar-refractivity contribution is 0.0955. The maximum Gasteiger partial charge on any atom is 0.271 e. The van der Waals surface area contributed by atoms with Crippen molar-refractivity contribution in [3.8, 4) is 27.6 Å². The third kappa shape index (κ3) is 4.43. The summed E-state index contributed by atoms with van der Waals surface area (Å²) in [7, 11) is 0. The number of hydrogen-bond donors (Lipinski definition) is 3. The van der Waals surface area contributed by atoms with Crippen molar-refractivity contribution >= 4 is 46.2 Å². The SMILES string of the molecule is CC(=NNC(=O)c1ccc(-c2nn[nH]n2)cc1)c1csc(-c2ccc(Cl)c(Cl)c2)c1O. The van der Waals surface area contributed by atoms with Gasteiger partial charge in [0.1, 0.15) is 5.75 Å². The number of tetrazole rings is 1. The zero-order valence-corrected chi connectivity index (χ0v) is 18.3. The van der Waals surface area contributed by atoms with E-state index in [4.69, 9.17) is 23.2 Å². The van der Waals surface area contributed by atoms with E-state index >= 15 is 0 Å². The van der Waals surface area contributed by atoms with Gasteiger partial charge in [0.25, 0.3) is 5.91 Å². The molecule has 2 heterocycles. The largest absolute Gasteiger partial charge is 0.506 e. The summed E-state index contributed by atoms with van der Waals surface area (Å²) in [5.74, 6) is 0.105. The molecule has 0 saturated heterocycles. The highest BCUT2D eigenvalue weighted by Crippen LogP contribution is 2.40. The van der Waals surface area contributed by atoms with Crippen molar-refractivity contribution in [1.29, 1.82) is 0 Å². The van der Waals surface area contributed by atoms with Crippen molar-refractivity contribution in [2.24, 2.45) is 5.10 Å². The third-order valence-corrected chi connectivity index (χ3v) is 6.17. The summed E-state index contributed by atoms with van der Waals surface area (Å²) in [4.78, 5) is 13.0. The van der Waals surface area contributed by atoms with Crippen LogP contribution in [-0.4, -0.2) is 37.3 Å². The van der Waals surface area contributed by atoms with E-state index in [0.717, 1.165) is 11.1 Å². The molecular weight excluding hydrogens is 459 g/mol. The Morgan fingerprint density at radius 3 is 2.55 bits per heavy atom. The summed E-state index contributed by atoms with van der Waals surface area (Å²) in [6.07, 6.45) is 0. The Balaban J connectivity index is 1.49. The number of nitrogens with zero attached hydrogens (tertiary/aromatic N) is 4. The first-order valence-corrected chi connectivity index (χ1v) is 10.5. The van der Waals surface area contributed by atoms with Crippen LogP contribution in [0.4, 0.5) is 0 Å². The van der Waals surface area contributed by atoms with Gasteiger partial charge in [-0.25, -0.2) is 5.43 Å². The maximum atomic E-state index is 12.4. The number of aromatic hydroxyl groups is 1. The van der Waals surface area contributed by atoms with E-state index in [1.54, 1.807) is 54.8 Å². The molecule has 0 aliphatic carbocycles. The average molecular weight is 473 g/mol. The lowest BCUT2D eigenvalue weighted by atomic mass is 10.1. The molecule has 4 aromatic rings. The number of hydrogen-bond acceptors (Lipinski definition) is 7. The Labute approximate surface area is 190 Å². The quantitative estimate of drug-likeness (QED) is 0.286. The van der Waals surface area contributed by atoms with Crippen molar-refractivity contribution in [2.75, 3.05) is 0 Å². The van der Waals surface area contributed by atoms with E-state index in [1.807, 2.05) is 0 Å². The summed E-state index contributed by atoms with van der Waals surface area (Å²) in [6, 6.07) is 11.8. The first kappa shape index (κ1) is 21.0. The van der Waals surface area contributed by atoms with Crippen LogP contribution in [0.1, 0.15) is 22.8 Å². The van der Waals surface area contributed by atoms with E-state index in [-0.39, 0.29) is 5.75 Å². The number of thiophene rings is 1. The highest BCUT2D eigenvalue weighted by atomic mass is 35.5. The van der Waals surface area contributed by atoms with Crippen LogP contribution in [0.2, 0.25) is 10.0 Å². The number of aromatic nitrogens is 4. The molecule has 0 fully saturated rings. The van der Waals surface area contributed by atoms with Crippen molar-refractivity contribution in [1.82, 2.24) is 26.0 Å². The predicted molar refractivity (Wildman–Crippen MR) is 121 cm³/mol. The summed E-state index contributed by atoms with van der Waals surface area (Å²) >= 11 is 13.4. The smallest absolute Gasteiger partial charge is 0.271 e. The average Bonchev–Trinajstić information content (AvgIpc) is 3.44. The van der Waals surface area contributed by atoms with E-state index in [9.17, 15) is 9.90 Å². The van der Waals surface area contributed by atoms with Gasteiger partial charge in [0.2, 0.25) is 5.82 Å². The fourth-order valence-corrected chi connectivity index (χ4v) is 4.07. The van der Waals surface area contributed by atoms with Crippen LogP contribution in [0.15, 0.2) is 52.9 Å². The third-order valence-electron chi connectivity index (χ3n) is 4.41. The van der Waals surface area contributed by atoms with E-state index < -0.39 is 5.91 Å². The molecule has 0 spiro atoms. The molecule has 0 bridgehead atoms. The van der Waals surface area contributed by atoms with Crippen LogP contribution in [-0.2, 0) is 0 Å². The molecule has 1 amide bonds. The minimum absolute atomic E-state index is 0.0587. The second-order valence-electron chi connectivity index (χ2n) is 6.41. The fraction of sp³-hybridized carbons (Fsp3) is 0.0500. The number of carbonyl (C=O) groups excluding carboxylic acids is 1. The number of benzene rings is 2. The van der Waals surface area contributed by atoms with Gasteiger partial charge in [-0.15, -0.1) is 21.5 Å². The number of hydrazone groups is 1. The number of H-pyrrole nitrogens is 1. The number of aromatic amines is 1. The molecule has 0 atom stereocenters. The Kier molecular flexibility index (Phi) is 5.99. The fourth-order valence-electron chi connectivity index (χ4n) is 2.76. The number of amides is 1. The molecule has 3 N–H and O–H groups in total. The first-order valence-electron chi connectivity index (χ1n) is 8.89. The van der Waals surface area contributed by atoms with Gasteiger partial charge in [-0.05, 0) is 42.0 Å². The molecule has 0 radical (unpaired) electrons. The molecule has 2 aromatic carbocycles. The van der Waals surface area contributed by atoms with Crippen molar-refractivity contribution < 1.29 is 9.90 Å². The van der Waals surface area contributed by atoms with E-state index in [1.165, 1.54) is 11.3 Å². The standard InChI is InChI=1S/C20H14Cl2N6O2S/c1-10(14-9-31-18(17(14)29)13-6-7-15(21)16(22)8-13)23-26-20(30)12-4-2-11(3-5-12)19-24-27-28-25-19/h2-9,29H,1H3,(H,26,30)(H,24,25,27,28). The number of carbonyl (C=O) groups is 1. The molecule has 8 nitrogen and oxygen atoms in total. The number of rotatable bonds is 5. The molecule has 0 aliphatic rings. The van der Waals surface area contributed by atoms with Gasteiger partial charge in [0.05, 0.1) is 26.2 Å². The Hall–Kier alpha value is -3.27. The molecule has 156 valence electrons. The van der Waals surface area contributed by atoms with Gasteiger partial charge in [0.15, 0.2) is 0 Å². The summed E-state index contributed by atoms with van der Waals surface area (Å²) in [5, 5.41) is 31.0. The number of halogens is 2. The minimum atomic E-state index is -0.390. The molecular formula is C20H14Cl2N6O2S. The highest BCUT2D eigenvalue weighted by Gasteiger charge is 2.16. The van der Waals surface area contributed by atoms with Gasteiger partial charge in [-0.3, -0.25) is 4.79 Å². The zero-order chi connectivity index (χ0) is 22.0. The number of nitrogens with one attached hydrogen (secondary N) is 2. The normalized spacial score (nSPS) is 11.5. The highest BCUT2D eigenvalue weighted by molar-refractivity contribution is 7.14. The van der Waals surface area contributed by atoms with Crippen LogP contribution in [0.5, 0.6) is 5.75 Å². The second-order valence-corrected chi connectivity index (χ2v) is 8.10. The molecule has 0 unspecified atom stereocenters. The van der Waals surface area contributed by atoms with Gasteiger partial charge < -0.3 is 5.11 Å². The van der Waals surface area contributed by atoms with Gasteiger partial charge in [-0.2, -0.15) is 10.3 Å². The first-order chi connectivity index (χ1) is 14.9. The van der Waals surface area contributed by atoms with Crippen molar-refractivity contribution in [3.05, 3.63) is 69.0 Å². The molecule has 11 heteroatoms. The summed E-state index contributed by atoms with van der Waals surface area (Å²) < 4.78 is 0. The van der Waals surface area contributed by atoms with E-state index in [0.29, 0.717) is 37.6 Å². The van der Waals surface area contributed by atoms with Crippen molar-refractivity contribution in [3.63, 3.8) is 0 Å². The molecule has 0 saturated carbocycles.